The van der Waals surface area contributed by atoms with Crippen LogP contribution in [-0.4, -0.2) is 36.2 Å². The Labute approximate surface area is 248 Å². The van der Waals surface area contributed by atoms with E-state index in [2.05, 4.69) is 12.1 Å². The van der Waals surface area contributed by atoms with Crippen molar-refractivity contribution in [2.45, 2.75) is 0 Å². The van der Waals surface area contributed by atoms with Crippen molar-refractivity contribution in [2.24, 2.45) is 0 Å². The lowest BCUT2D eigenvalue weighted by Gasteiger charge is -2.08. The Kier molecular flexibility index (Phi) is 7.49. The lowest BCUT2D eigenvalue weighted by molar-refractivity contribution is -0.385. The van der Waals surface area contributed by atoms with E-state index < -0.39 is 22.5 Å². The number of fused-ring (bicyclic) bond motifs is 2. The van der Waals surface area contributed by atoms with Crippen molar-refractivity contribution in [1.82, 2.24) is 9.13 Å². The van der Waals surface area contributed by atoms with Gasteiger partial charge in [0.2, 0.25) is 0 Å². The fourth-order valence-electron chi connectivity index (χ4n) is 4.86. The molecule has 0 saturated heterocycles. The van der Waals surface area contributed by atoms with Crippen LogP contribution >= 0.6 is 0 Å². The van der Waals surface area contributed by atoms with Crippen LogP contribution < -0.4 is 5.73 Å². The molecule has 0 unspecified atom stereocenters. The second kappa shape index (κ2) is 11.5. The monoisotopic (exact) mass is 584 g/mol. The standard InChI is InChI=1S/C16H9N3O4.C16H11N3O2/c17-8-10-9-18(14-4-2-1-3-12(10)14)11-5-6-13(16(20)21)15(7-11)19(22)23;17-8-10-9-19(15-4-2-1-3-12(10)15)11-5-6-13(16(20)21)14(18)7-11/h1-7,9H,(H,20,21);1-7,9H,18H2,(H,20,21). The number of para-hydroxylation sites is 2. The number of carboxylic acid groups (broad SMARTS) is 2. The minimum atomic E-state index is -1.36. The van der Waals surface area contributed by atoms with Crippen molar-refractivity contribution in [3.63, 3.8) is 0 Å². The molecule has 12 nitrogen and oxygen atoms in total. The molecule has 44 heavy (non-hydrogen) atoms. The number of rotatable bonds is 5. The Hall–Kier alpha value is -6.92. The van der Waals surface area contributed by atoms with Gasteiger partial charge < -0.3 is 25.1 Å². The van der Waals surface area contributed by atoms with E-state index in [1.165, 1.54) is 24.3 Å². The van der Waals surface area contributed by atoms with Gasteiger partial charge in [-0.05, 0) is 42.5 Å². The second-order valence-electron chi connectivity index (χ2n) is 9.42. The van der Waals surface area contributed by atoms with Crippen molar-refractivity contribution < 1.29 is 24.7 Å². The third-order valence-electron chi connectivity index (χ3n) is 6.90. The Morgan fingerprint density at radius 2 is 1.18 bits per heavy atom. The van der Waals surface area contributed by atoms with Gasteiger partial charge in [-0.3, -0.25) is 10.1 Å². The topological polar surface area (TPSA) is 201 Å². The summed E-state index contributed by atoms with van der Waals surface area (Å²) in [5, 5.41) is 49.1. The Morgan fingerprint density at radius 1 is 0.727 bits per heavy atom. The predicted octanol–water partition coefficient (Wildman–Crippen LogP) is 5.89. The predicted molar refractivity (Wildman–Crippen MR) is 161 cm³/mol. The van der Waals surface area contributed by atoms with Crippen LogP contribution in [0.3, 0.4) is 0 Å². The van der Waals surface area contributed by atoms with Crippen LogP contribution in [0, 0.1) is 32.8 Å². The smallest absolute Gasteiger partial charge is 0.342 e. The third-order valence-corrected chi connectivity index (χ3v) is 6.90. The Balaban J connectivity index is 0.000000175. The number of hydrogen-bond donors (Lipinski definition) is 3. The van der Waals surface area contributed by atoms with Gasteiger partial charge in [0.15, 0.2) is 0 Å². The zero-order valence-electron chi connectivity index (χ0n) is 22.6. The normalized spacial score (nSPS) is 10.4. The molecule has 0 aliphatic heterocycles. The van der Waals surface area contributed by atoms with Crippen LogP contribution in [0.25, 0.3) is 33.2 Å². The maximum absolute atomic E-state index is 11.1. The lowest BCUT2D eigenvalue weighted by atomic mass is 10.1. The van der Waals surface area contributed by atoms with Crippen LogP contribution in [0.15, 0.2) is 97.3 Å². The van der Waals surface area contributed by atoms with E-state index >= 15 is 0 Å². The first-order valence-corrected chi connectivity index (χ1v) is 12.8. The lowest BCUT2D eigenvalue weighted by Crippen LogP contribution is -2.04. The second-order valence-corrected chi connectivity index (χ2v) is 9.42. The number of nitriles is 2. The van der Waals surface area contributed by atoms with Gasteiger partial charge in [0, 0.05) is 40.6 Å². The zero-order chi connectivity index (χ0) is 31.5. The van der Waals surface area contributed by atoms with E-state index in [0.29, 0.717) is 22.3 Å². The summed E-state index contributed by atoms with van der Waals surface area (Å²) in [5.74, 6) is -2.42. The SMILES string of the molecule is N#Cc1cn(-c2ccc(C(=O)O)c(N)c2)c2ccccc12.N#Cc1cn(-c2ccc(C(=O)O)c([N+](=O)[O-])c2)c2ccccc12. The van der Waals surface area contributed by atoms with E-state index in [0.717, 1.165) is 22.0 Å². The molecular formula is C32H20N6O6. The fourth-order valence-corrected chi connectivity index (χ4v) is 4.86. The molecule has 0 radical (unpaired) electrons. The zero-order valence-corrected chi connectivity index (χ0v) is 22.6. The number of benzene rings is 4. The molecule has 12 heteroatoms. The van der Waals surface area contributed by atoms with Gasteiger partial charge in [-0.2, -0.15) is 10.5 Å². The quantitative estimate of drug-likeness (QED) is 0.125. The summed E-state index contributed by atoms with van der Waals surface area (Å²) in [6, 6.07) is 27.5. The number of nitrogens with two attached hydrogens (primary N) is 1. The maximum Gasteiger partial charge on any atom is 0.342 e. The highest BCUT2D eigenvalue weighted by atomic mass is 16.6. The van der Waals surface area contributed by atoms with Gasteiger partial charge in [0.25, 0.3) is 5.69 Å². The highest BCUT2D eigenvalue weighted by molar-refractivity contribution is 5.95. The number of aromatic nitrogens is 2. The van der Waals surface area contributed by atoms with Gasteiger partial charge in [-0.15, -0.1) is 0 Å². The van der Waals surface area contributed by atoms with Crippen molar-refractivity contribution in [3.05, 3.63) is 130 Å². The third kappa shape index (κ3) is 5.13. The molecule has 0 bridgehead atoms. The Bertz CT molecular complexity index is 2220. The molecular weight excluding hydrogens is 564 g/mol. The summed E-state index contributed by atoms with van der Waals surface area (Å²) >= 11 is 0. The first kappa shape index (κ1) is 28.6. The van der Waals surface area contributed by atoms with Gasteiger partial charge in [0.1, 0.15) is 17.7 Å². The molecule has 0 aliphatic rings. The largest absolute Gasteiger partial charge is 0.478 e. The molecule has 0 atom stereocenters. The number of carbonyl (C=O) groups is 2. The van der Waals surface area contributed by atoms with Gasteiger partial charge in [-0.25, -0.2) is 9.59 Å². The number of carboxylic acids is 2. The summed E-state index contributed by atoms with van der Waals surface area (Å²) in [7, 11) is 0. The molecule has 4 aromatic carbocycles. The molecule has 4 N–H and O–H groups in total. The summed E-state index contributed by atoms with van der Waals surface area (Å²) in [5.41, 5.74) is 8.88. The van der Waals surface area contributed by atoms with E-state index in [1.807, 2.05) is 28.8 Å². The van der Waals surface area contributed by atoms with Crippen LogP contribution in [0.5, 0.6) is 0 Å². The average Bonchev–Trinajstić information content (AvgIpc) is 3.59. The number of aromatic carboxylic acids is 2. The van der Waals surface area contributed by atoms with Gasteiger partial charge in [0.05, 0.1) is 38.3 Å². The van der Waals surface area contributed by atoms with Crippen molar-refractivity contribution in [3.8, 4) is 23.5 Å². The number of nitro groups is 1. The molecule has 0 fully saturated rings. The van der Waals surface area contributed by atoms with E-state index in [9.17, 15) is 30.2 Å². The van der Waals surface area contributed by atoms with Crippen molar-refractivity contribution >= 4 is 45.1 Å². The summed E-state index contributed by atoms with van der Waals surface area (Å²) in [6.45, 7) is 0. The van der Waals surface area contributed by atoms with Gasteiger partial charge in [-0.1, -0.05) is 36.4 Å². The highest BCUT2D eigenvalue weighted by Gasteiger charge is 2.21. The van der Waals surface area contributed by atoms with Crippen LogP contribution in [0.2, 0.25) is 0 Å². The van der Waals surface area contributed by atoms with Crippen LogP contribution in [0.1, 0.15) is 31.8 Å². The summed E-state index contributed by atoms with van der Waals surface area (Å²) in [6.07, 6.45) is 3.30. The van der Waals surface area contributed by atoms with Crippen molar-refractivity contribution in [1.29, 1.82) is 10.5 Å². The number of nitrogen functional groups attached to an aromatic ring is 1. The molecule has 0 spiro atoms. The first-order valence-electron chi connectivity index (χ1n) is 12.8. The fraction of sp³-hybridized carbons (Fsp3) is 0. The minimum absolute atomic E-state index is 0.0655. The summed E-state index contributed by atoms with van der Waals surface area (Å²) in [4.78, 5) is 32.5. The minimum Gasteiger partial charge on any atom is -0.478 e. The Morgan fingerprint density at radius 3 is 1.61 bits per heavy atom. The van der Waals surface area contributed by atoms with E-state index in [4.69, 9.17) is 15.9 Å². The van der Waals surface area contributed by atoms with E-state index in [-0.39, 0.29) is 16.8 Å². The van der Waals surface area contributed by atoms with Gasteiger partial charge >= 0.3 is 11.9 Å². The molecule has 0 saturated carbocycles. The van der Waals surface area contributed by atoms with Crippen LogP contribution in [0.4, 0.5) is 11.4 Å². The molecule has 2 heterocycles. The van der Waals surface area contributed by atoms with Crippen molar-refractivity contribution in [2.75, 3.05) is 5.73 Å². The summed E-state index contributed by atoms with van der Waals surface area (Å²) < 4.78 is 3.46. The number of nitro benzene ring substituents is 1. The number of anilines is 1. The molecule has 2 aromatic heterocycles. The molecule has 0 aliphatic carbocycles. The highest BCUT2D eigenvalue weighted by Crippen LogP contribution is 2.29. The first-order chi connectivity index (χ1) is 21.1. The molecule has 6 rings (SSSR count). The number of nitrogens with zero attached hydrogens (tertiary/aromatic N) is 5. The molecule has 0 amide bonds. The maximum atomic E-state index is 11.1. The van der Waals surface area contributed by atoms with Crippen LogP contribution in [-0.2, 0) is 0 Å². The molecule has 6 aromatic rings. The molecule has 214 valence electrons. The number of hydrogen-bond acceptors (Lipinski definition) is 7. The van der Waals surface area contributed by atoms with E-state index in [1.54, 1.807) is 53.4 Å². The average molecular weight is 585 g/mol.